The van der Waals surface area contributed by atoms with Crippen LogP contribution in [0.15, 0.2) is 70.7 Å². The number of benzene rings is 3. The first-order valence-corrected chi connectivity index (χ1v) is 12.4. The van der Waals surface area contributed by atoms with E-state index in [-0.39, 0.29) is 16.3 Å². The molecule has 1 heterocycles. The number of carbonyl (C=O) groups excluding carboxylic acids is 3. The van der Waals surface area contributed by atoms with Crippen molar-refractivity contribution in [2.75, 3.05) is 12.0 Å². The summed E-state index contributed by atoms with van der Waals surface area (Å²) in [5, 5.41) is 2.39. The molecule has 10 heteroatoms. The molecule has 0 saturated carbocycles. The summed E-state index contributed by atoms with van der Waals surface area (Å²) in [6.45, 7) is 0.310. The Hall–Kier alpha value is -2.89. The molecule has 0 aliphatic carbocycles. The molecule has 3 aromatic rings. The Morgan fingerprint density at radius 1 is 1.09 bits per heavy atom. The maximum Gasteiger partial charge on any atom is 0.335 e. The number of nitrogens with zero attached hydrogens (tertiary/aromatic N) is 1. The Morgan fingerprint density at radius 2 is 1.80 bits per heavy atom. The number of ether oxygens (including phenoxy) is 2. The van der Waals surface area contributed by atoms with Gasteiger partial charge in [0.15, 0.2) is 11.5 Å². The van der Waals surface area contributed by atoms with Crippen molar-refractivity contribution in [2.45, 2.75) is 6.61 Å². The van der Waals surface area contributed by atoms with Crippen LogP contribution in [0.1, 0.15) is 11.1 Å². The predicted molar refractivity (Wildman–Crippen MR) is 145 cm³/mol. The zero-order chi connectivity index (χ0) is 25.1. The Balaban J connectivity index is 1.66. The molecule has 0 unspecified atom stereocenters. The molecule has 1 fully saturated rings. The molecule has 1 aliphatic rings. The number of methoxy groups -OCH3 is 1. The topological polar surface area (TPSA) is 84.9 Å². The third kappa shape index (κ3) is 5.36. The van der Waals surface area contributed by atoms with E-state index in [1.54, 1.807) is 30.3 Å². The average molecular weight is 668 g/mol. The van der Waals surface area contributed by atoms with Crippen LogP contribution in [0.25, 0.3) is 6.08 Å². The highest BCUT2D eigenvalue weighted by molar-refractivity contribution is 14.1. The minimum atomic E-state index is -0.867. The van der Waals surface area contributed by atoms with E-state index in [1.165, 1.54) is 19.3 Å². The van der Waals surface area contributed by atoms with Gasteiger partial charge >= 0.3 is 6.03 Å². The number of nitrogens with one attached hydrogen (secondary N) is 1. The lowest BCUT2D eigenvalue weighted by Gasteiger charge is -2.27. The highest BCUT2D eigenvalue weighted by Gasteiger charge is 2.37. The lowest BCUT2D eigenvalue weighted by atomic mass is 10.1. The van der Waals surface area contributed by atoms with Gasteiger partial charge in [0.05, 0.1) is 21.4 Å². The number of rotatable bonds is 6. The van der Waals surface area contributed by atoms with Crippen LogP contribution in [-0.2, 0) is 16.2 Å². The normalized spacial score (nSPS) is 14.8. The lowest BCUT2D eigenvalue weighted by Crippen LogP contribution is -2.54. The fourth-order valence-electron chi connectivity index (χ4n) is 3.40. The summed E-state index contributed by atoms with van der Waals surface area (Å²) in [5.74, 6) is -0.626. The second kappa shape index (κ2) is 10.8. The summed E-state index contributed by atoms with van der Waals surface area (Å²) in [7, 11) is 1.50. The number of halogens is 3. The quantitative estimate of drug-likeness (QED) is 0.199. The van der Waals surface area contributed by atoms with Gasteiger partial charge in [0.2, 0.25) is 0 Å². The van der Waals surface area contributed by atoms with Gasteiger partial charge in [-0.1, -0.05) is 57.9 Å². The maximum atomic E-state index is 13.2. The minimum absolute atomic E-state index is 0.179. The molecular formula is C25H17BrClIN2O5. The van der Waals surface area contributed by atoms with E-state index in [1.807, 2.05) is 24.3 Å². The molecule has 35 heavy (non-hydrogen) atoms. The Kier molecular flexibility index (Phi) is 7.78. The van der Waals surface area contributed by atoms with E-state index in [4.69, 9.17) is 21.1 Å². The van der Waals surface area contributed by atoms with Crippen LogP contribution in [-0.4, -0.2) is 25.0 Å². The number of hydrogen-bond acceptors (Lipinski definition) is 5. The Bertz CT molecular complexity index is 1380. The predicted octanol–water partition coefficient (Wildman–Crippen LogP) is 5.96. The van der Waals surface area contributed by atoms with Gasteiger partial charge in [0.25, 0.3) is 11.8 Å². The first kappa shape index (κ1) is 25.2. The smallest absolute Gasteiger partial charge is 0.335 e. The number of carbonyl (C=O) groups is 3. The van der Waals surface area contributed by atoms with Crippen LogP contribution < -0.4 is 19.7 Å². The average Bonchev–Trinajstić information content (AvgIpc) is 2.83. The van der Waals surface area contributed by atoms with Crippen LogP contribution in [0.4, 0.5) is 10.5 Å². The van der Waals surface area contributed by atoms with Crippen molar-refractivity contribution in [3.8, 4) is 11.5 Å². The first-order valence-electron chi connectivity index (χ1n) is 10.2. The van der Waals surface area contributed by atoms with Gasteiger partial charge in [-0.15, -0.1) is 0 Å². The van der Waals surface area contributed by atoms with Gasteiger partial charge in [-0.05, 0) is 64.6 Å². The van der Waals surface area contributed by atoms with Crippen LogP contribution in [0, 0.1) is 3.57 Å². The van der Waals surface area contributed by atoms with Crippen LogP contribution in [0.3, 0.4) is 0 Å². The van der Waals surface area contributed by atoms with Crippen molar-refractivity contribution in [1.82, 2.24) is 5.32 Å². The zero-order valence-electron chi connectivity index (χ0n) is 18.2. The summed E-state index contributed by atoms with van der Waals surface area (Å²) in [6.07, 6.45) is 1.40. The van der Waals surface area contributed by atoms with E-state index in [0.717, 1.165) is 14.9 Å². The standard InChI is InChI=1S/C25H17BrClIN2O5/c1-34-21-12-14(11-19(28)22(21)35-13-15-6-2-3-7-17(15)26)10-16-23(31)29-25(33)30(24(16)32)20-9-5-4-8-18(20)27/h2-12H,13H2,1H3,(H,29,31,33)/b16-10+. The molecule has 0 spiro atoms. The second-order valence-corrected chi connectivity index (χ2v) is 9.75. The molecule has 1 N–H and O–H groups in total. The van der Waals surface area contributed by atoms with Crippen molar-refractivity contribution in [2.24, 2.45) is 0 Å². The number of hydrogen-bond donors (Lipinski definition) is 1. The van der Waals surface area contributed by atoms with Gasteiger partial charge in [-0.2, -0.15) is 0 Å². The molecule has 1 aliphatic heterocycles. The fraction of sp³-hybridized carbons (Fsp3) is 0.0800. The SMILES string of the molecule is COc1cc(/C=C2\C(=O)NC(=O)N(c3ccccc3Cl)C2=O)cc(I)c1OCc1ccccc1Br. The zero-order valence-corrected chi connectivity index (χ0v) is 22.7. The van der Waals surface area contributed by atoms with Gasteiger partial charge < -0.3 is 9.47 Å². The van der Waals surface area contributed by atoms with Crippen LogP contribution in [0.2, 0.25) is 5.02 Å². The van der Waals surface area contributed by atoms with Crippen molar-refractivity contribution >= 4 is 79.7 Å². The van der Waals surface area contributed by atoms with E-state index >= 15 is 0 Å². The molecule has 178 valence electrons. The second-order valence-electron chi connectivity index (χ2n) is 7.32. The van der Waals surface area contributed by atoms with Crippen molar-refractivity contribution in [3.63, 3.8) is 0 Å². The highest BCUT2D eigenvalue weighted by atomic mass is 127. The number of para-hydroxylation sites is 1. The molecule has 0 aromatic heterocycles. The molecule has 4 amide bonds. The lowest BCUT2D eigenvalue weighted by molar-refractivity contribution is -0.122. The molecule has 3 aromatic carbocycles. The van der Waals surface area contributed by atoms with Crippen molar-refractivity contribution in [1.29, 1.82) is 0 Å². The Labute approximate surface area is 228 Å². The van der Waals surface area contributed by atoms with E-state index < -0.39 is 17.8 Å². The summed E-state index contributed by atoms with van der Waals surface area (Å²) < 4.78 is 13.2. The van der Waals surface area contributed by atoms with Crippen LogP contribution >= 0.6 is 50.1 Å². The highest BCUT2D eigenvalue weighted by Crippen LogP contribution is 2.36. The molecule has 0 bridgehead atoms. The minimum Gasteiger partial charge on any atom is -0.493 e. The third-order valence-corrected chi connectivity index (χ3v) is 6.98. The first-order chi connectivity index (χ1) is 16.8. The van der Waals surface area contributed by atoms with Gasteiger partial charge in [-0.25, -0.2) is 9.69 Å². The van der Waals surface area contributed by atoms with Gasteiger partial charge in [-0.3, -0.25) is 14.9 Å². The largest absolute Gasteiger partial charge is 0.493 e. The molecule has 1 saturated heterocycles. The molecule has 0 atom stereocenters. The third-order valence-electron chi connectivity index (χ3n) is 5.09. The van der Waals surface area contributed by atoms with E-state index in [0.29, 0.717) is 27.2 Å². The summed E-state index contributed by atoms with van der Waals surface area (Å²) in [6, 6.07) is 16.6. The number of anilines is 1. The van der Waals surface area contributed by atoms with E-state index in [2.05, 4.69) is 43.8 Å². The monoisotopic (exact) mass is 666 g/mol. The van der Waals surface area contributed by atoms with Crippen molar-refractivity contribution in [3.05, 3.63) is 90.4 Å². The number of amides is 4. The molecule has 4 rings (SSSR count). The number of imide groups is 2. The van der Waals surface area contributed by atoms with Crippen LogP contribution in [0.5, 0.6) is 11.5 Å². The summed E-state index contributed by atoms with van der Waals surface area (Å²) in [5.41, 5.74) is 1.44. The van der Waals surface area contributed by atoms with E-state index in [9.17, 15) is 14.4 Å². The summed E-state index contributed by atoms with van der Waals surface area (Å²) in [4.78, 5) is 39.0. The van der Waals surface area contributed by atoms with Gasteiger partial charge in [0, 0.05) is 10.0 Å². The van der Waals surface area contributed by atoms with Crippen molar-refractivity contribution < 1.29 is 23.9 Å². The number of urea groups is 1. The maximum absolute atomic E-state index is 13.2. The molecular weight excluding hydrogens is 651 g/mol. The molecule has 7 nitrogen and oxygen atoms in total. The molecule has 0 radical (unpaired) electrons. The Morgan fingerprint density at radius 3 is 2.51 bits per heavy atom. The van der Waals surface area contributed by atoms with Gasteiger partial charge in [0.1, 0.15) is 12.2 Å². The number of barbiturate groups is 1. The summed E-state index contributed by atoms with van der Waals surface area (Å²) >= 11 is 11.8. The fourth-order valence-corrected chi connectivity index (χ4v) is 4.81.